The molecule has 0 aliphatic rings. The van der Waals surface area contributed by atoms with Crippen molar-refractivity contribution >= 4 is 15.6 Å². The Morgan fingerprint density at radius 3 is 2.06 bits per heavy atom. The lowest BCUT2D eigenvalue weighted by Gasteiger charge is -2.24. The molecule has 0 aromatic carbocycles. The van der Waals surface area contributed by atoms with Crippen LogP contribution in [0.3, 0.4) is 0 Å². The number of rotatable bonds is 8. The van der Waals surface area contributed by atoms with Gasteiger partial charge in [0.2, 0.25) is 0 Å². The van der Waals surface area contributed by atoms with E-state index in [0.29, 0.717) is 19.3 Å². The maximum atomic E-state index is 11.8. The van der Waals surface area contributed by atoms with Crippen LogP contribution in [0.15, 0.2) is 0 Å². The summed E-state index contributed by atoms with van der Waals surface area (Å²) in [5, 5.41) is 0. The second-order valence-electron chi connectivity index (χ2n) is 4.13. The number of ketones is 1. The molecule has 0 heterocycles. The van der Waals surface area contributed by atoms with Crippen LogP contribution in [0.25, 0.3) is 0 Å². The third-order valence-electron chi connectivity index (χ3n) is 3.12. The van der Waals surface area contributed by atoms with Gasteiger partial charge in [-0.2, -0.15) is 0 Å². The van der Waals surface area contributed by atoms with Gasteiger partial charge >= 0.3 is 0 Å². The molecule has 0 saturated carbocycles. The smallest absolute Gasteiger partial charge is 0.152 e. The summed E-state index contributed by atoms with van der Waals surface area (Å²) in [6.45, 7) is 5.37. The van der Waals surface area contributed by atoms with E-state index in [-0.39, 0.29) is 23.7 Å². The molecular formula is C11H23NO3S. The van der Waals surface area contributed by atoms with Crippen molar-refractivity contribution in [3.05, 3.63) is 0 Å². The van der Waals surface area contributed by atoms with E-state index in [0.717, 1.165) is 0 Å². The Balaban J connectivity index is 4.19. The van der Waals surface area contributed by atoms with Crippen LogP contribution in [0.4, 0.5) is 0 Å². The van der Waals surface area contributed by atoms with Crippen LogP contribution in [0, 0.1) is 0 Å². The predicted molar refractivity (Wildman–Crippen MR) is 66.1 cm³/mol. The fraction of sp³-hybridized carbons (Fsp3) is 0.909. The van der Waals surface area contributed by atoms with Gasteiger partial charge in [-0.05, 0) is 19.3 Å². The molecule has 0 unspecified atom stereocenters. The fourth-order valence-corrected chi connectivity index (χ4v) is 2.36. The Hall–Kier alpha value is -0.420. The zero-order valence-corrected chi connectivity index (χ0v) is 11.3. The number of sulfone groups is 1. The highest BCUT2D eigenvalue weighted by atomic mass is 32.2. The minimum Gasteiger partial charge on any atom is -0.319 e. The number of carbonyl (C=O) groups excluding carboxylic acids is 1. The Labute approximate surface area is 98.5 Å². The normalized spacial score (nSPS) is 12.8. The fourth-order valence-electron chi connectivity index (χ4n) is 1.49. The van der Waals surface area contributed by atoms with Crippen molar-refractivity contribution in [1.82, 2.24) is 0 Å². The third kappa shape index (κ3) is 4.61. The summed E-state index contributed by atoms with van der Waals surface area (Å²) < 4.78 is 22.5. The lowest BCUT2D eigenvalue weighted by Crippen LogP contribution is -2.46. The van der Waals surface area contributed by atoms with Crippen LogP contribution >= 0.6 is 0 Å². The first-order chi connectivity index (χ1) is 7.31. The lowest BCUT2D eigenvalue weighted by atomic mass is 9.87. The van der Waals surface area contributed by atoms with Gasteiger partial charge < -0.3 is 5.73 Å². The van der Waals surface area contributed by atoms with Gasteiger partial charge in [-0.1, -0.05) is 20.8 Å². The summed E-state index contributed by atoms with van der Waals surface area (Å²) in [5.74, 6) is 0.193. The molecule has 0 aliphatic heterocycles. The zero-order chi connectivity index (χ0) is 12.8. The van der Waals surface area contributed by atoms with E-state index in [1.54, 1.807) is 6.92 Å². The van der Waals surface area contributed by atoms with Gasteiger partial charge in [0.1, 0.15) is 9.84 Å². The Kier molecular flexibility index (Phi) is 6.18. The van der Waals surface area contributed by atoms with Crippen LogP contribution in [0.2, 0.25) is 0 Å². The van der Waals surface area contributed by atoms with Crippen molar-refractivity contribution in [2.45, 2.75) is 52.0 Å². The minimum absolute atomic E-state index is 0.0243. The van der Waals surface area contributed by atoms with Gasteiger partial charge in [-0.3, -0.25) is 4.79 Å². The van der Waals surface area contributed by atoms with Gasteiger partial charge in [-0.15, -0.1) is 0 Å². The Bertz CT molecular complexity index is 318. The van der Waals surface area contributed by atoms with Gasteiger partial charge in [-0.25, -0.2) is 8.42 Å². The molecule has 0 amide bonds. The van der Waals surface area contributed by atoms with Crippen molar-refractivity contribution in [3.63, 3.8) is 0 Å². The average molecular weight is 249 g/mol. The molecule has 5 heteroatoms. The summed E-state index contributed by atoms with van der Waals surface area (Å²) in [6.07, 6.45) is 1.84. The lowest BCUT2D eigenvalue weighted by molar-refractivity contribution is -0.124. The molecule has 0 atom stereocenters. The van der Waals surface area contributed by atoms with E-state index in [1.807, 2.05) is 13.8 Å². The van der Waals surface area contributed by atoms with Crippen molar-refractivity contribution in [2.75, 3.05) is 11.5 Å². The molecule has 0 fully saturated rings. The molecule has 96 valence electrons. The molecule has 0 aromatic heterocycles. The summed E-state index contributed by atoms with van der Waals surface area (Å²) in [6, 6.07) is 0. The van der Waals surface area contributed by atoms with E-state index in [9.17, 15) is 13.2 Å². The van der Waals surface area contributed by atoms with E-state index >= 15 is 0 Å². The maximum absolute atomic E-state index is 11.8. The van der Waals surface area contributed by atoms with Crippen molar-refractivity contribution in [1.29, 1.82) is 0 Å². The molecule has 0 saturated heterocycles. The largest absolute Gasteiger partial charge is 0.319 e. The average Bonchev–Trinajstić information content (AvgIpc) is 2.27. The number of hydrogen-bond donors (Lipinski definition) is 1. The summed E-state index contributed by atoms with van der Waals surface area (Å²) in [4.78, 5) is 11.8. The van der Waals surface area contributed by atoms with Crippen LogP contribution in [-0.2, 0) is 14.6 Å². The minimum atomic E-state index is -2.97. The summed E-state index contributed by atoms with van der Waals surface area (Å²) >= 11 is 0. The standard InChI is InChI=1S/C11H23NO3S/c1-4-11(12,5-2)10(13)8-7-9-16(14,15)6-3/h4-9,12H2,1-3H3. The SMILES string of the molecule is CCC(N)(CC)C(=O)CCCS(=O)(=O)CC. The molecule has 16 heavy (non-hydrogen) atoms. The zero-order valence-electron chi connectivity index (χ0n) is 10.5. The summed E-state index contributed by atoms with van der Waals surface area (Å²) in [7, 11) is -2.97. The van der Waals surface area contributed by atoms with E-state index < -0.39 is 15.4 Å². The van der Waals surface area contributed by atoms with Crippen LogP contribution in [0.5, 0.6) is 0 Å². The van der Waals surface area contributed by atoms with Gasteiger partial charge in [0.15, 0.2) is 5.78 Å². The molecule has 0 rings (SSSR count). The van der Waals surface area contributed by atoms with Gasteiger partial charge in [0.25, 0.3) is 0 Å². The molecule has 0 aliphatic carbocycles. The highest BCUT2D eigenvalue weighted by Crippen LogP contribution is 2.15. The maximum Gasteiger partial charge on any atom is 0.152 e. The Morgan fingerprint density at radius 1 is 1.19 bits per heavy atom. The number of nitrogens with two attached hydrogens (primary N) is 1. The van der Waals surface area contributed by atoms with Crippen molar-refractivity contribution in [2.24, 2.45) is 5.73 Å². The predicted octanol–water partition coefficient (Wildman–Crippen LogP) is 1.29. The second kappa shape index (κ2) is 6.35. The van der Waals surface area contributed by atoms with Gasteiger partial charge in [0, 0.05) is 12.2 Å². The number of Topliss-reactive ketones (excluding diaryl/α,β-unsaturated/α-hetero) is 1. The first-order valence-electron chi connectivity index (χ1n) is 5.84. The van der Waals surface area contributed by atoms with Crippen molar-refractivity contribution in [3.8, 4) is 0 Å². The third-order valence-corrected chi connectivity index (χ3v) is 4.91. The van der Waals surface area contributed by atoms with Crippen LogP contribution in [0.1, 0.15) is 46.5 Å². The van der Waals surface area contributed by atoms with Gasteiger partial charge in [0.05, 0.1) is 11.3 Å². The molecule has 0 radical (unpaired) electrons. The van der Waals surface area contributed by atoms with E-state index in [4.69, 9.17) is 5.73 Å². The first-order valence-corrected chi connectivity index (χ1v) is 7.66. The van der Waals surface area contributed by atoms with Crippen LogP contribution < -0.4 is 5.73 Å². The second-order valence-corrected chi connectivity index (χ2v) is 6.60. The van der Waals surface area contributed by atoms with Crippen molar-refractivity contribution < 1.29 is 13.2 Å². The molecule has 0 spiro atoms. The molecule has 0 aromatic rings. The molecule has 2 N–H and O–H groups in total. The number of carbonyl (C=O) groups is 1. The van der Waals surface area contributed by atoms with Crippen LogP contribution in [-0.4, -0.2) is 31.2 Å². The topological polar surface area (TPSA) is 77.2 Å². The quantitative estimate of drug-likeness (QED) is 0.703. The highest BCUT2D eigenvalue weighted by Gasteiger charge is 2.29. The van der Waals surface area contributed by atoms with E-state index in [2.05, 4.69) is 0 Å². The Morgan fingerprint density at radius 2 is 1.69 bits per heavy atom. The molecular weight excluding hydrogens is 226 g/mol. The summed E-state index contributed by atoms with van der Waals surface area (Å²) in [5.41, 5.74) is 5.16. The van der Waals surface area contributed by atoms with E-state index in [1.165, 1.54) is 0 Å². The monoisotopic (exact) mass is 249 g/mol. The highest BCUT2D eigenvalue weighted by molar-refractivity contribution is 7.91. The molecule has 4 nitrogen and oxygen atoms in total. The first kappa shape index (κ1) is 15.6. The molecule has 0 bridgehead atoms. The number of hydrogen-bond acceptors (Lipinski definition) is 4.